The van der Waals surface area contributed by atoms with E-state index in [2.05, 4.69) is 21.2 Å². The summed E-state index contributed by atoms with van der Waals surface area (Å²) in [7, 11) is 0. The number of aryl methyl sites for hydroxylation is 1. The van der Waals surface area contributed by atoms with Crippen LogP contribution in [-0.4, -0.2) is 23.0 Å². The van der Waals surface area contributed by atoms with Crippen LogP contribution in [0.5, 0.6) is 5.75 Å². The number of aliphatic carboxylic acids is 1. The first-order chi connectivity index (χ1) is 12.3. The Hall–Kier alpha value is -2.60. The maximum absolute atomic E-state index is 11.8. The van der Waals surface area contributed by atoms with Crippen molar-refractivity contribution in [1.82, 2.24) is 5.32 Å². The van der Waals surface area contributed by atoms with E-state index in [1.807, 2.05) is 49.4 Å². The molecule has 0 heterocycles. The molecular formula is C20H20BrNO4. The van der Waals surface area contributed by atoms with Crippen LogP contribution >= 0.6 is 15.9 Å². The van der Waals surface area contributed by atoms with E-state index in [0.717, 1.165) is 10.0 Å². The van der Waals surface area contributed by atoms with Crippen LogP contribution in [0.1, 0.15) is 23.6 Å². The molecule has 2 N–H and O–H groups in total. The van der Waals surface area contributed by atoms with Crippen molar-refractivity contribution < 1.29 is 19.4 Å². The summed E-state index contributed by atoms with van der Waals surface area (Å²) in [6.45, 7) is 3.84. The van der Waals surface area contributed by atoms with Crippen molar-refractivity contribution in [2.75, 3.05) is 0 Å². The van der Waals surface area contributed by atoms with Crippen molar-refractivity contribution in [2.24, 2.45) is 0 Å². The van der Waals surface area contributed by atoms with E-state index in [1.165, 1.54) is 18.6 Å². The highest BCUT2D eigenvalue weighted by atomic mass is 79.9. The number of carboxylic acids is 1. The van der Waals surface area contributed by atoms with Crippen molar-refractivity contribution in [2.45, 2.75) is 26.5 Å². The van der Waals surface area contributed by atoms with Crippen LogP contribution in [0.3, 0.4) is 0 Å². The number of carbonyl (C=O) groups excluding carboxylic acids is 1. The fourth-order valence-electron chi connectivity index (χ4n) is 2.12. The number of hydrogen-bond acceptors (Lipinski definition) is 3. The third-order valence-corrected chi connectivity index (χ3v) is 4.12. The topological polar surface area (TPSA) is 75.6 Å². The summed E-state index contributed by atoms with van der Waals surface area (Å²) in [5.74, 6) is -0.940. The average molecular weight is 418 g/mol. The number of ether oxygens (including phenoxy) is 1. The van der Waals surface area contributed by atoms with E-state index < -0.39 is 17.9 Å². The Labute approximate surface area is 160 Å². The summed E-state index contributed by atoms with van der Waals surface area (Å²) in [4.78, 5) is 22.6. The number of hydrogen-bond donors (Lipinski definition) is 2. The van der Waals surface area contributed by atoms with Gasteiger partial charge < -0.3 is 15.2 Å². The van der Waals surface area contributed by atoms with Gasteiger partial charge in [0.15, 0.2) is 0 Å². The van der Waals surface area contributed by atoms with Crippen LogP contribution < -0.4 is 10.1 Å². The Balaban J connectivity index is 2.09. The third kappa shape index (κ3) is 6.04. The maximum Gasteiger partial charge on any atom is 0.325 e. The molecule has 0 saturated heterocycles. The molecule has 0 fully saturated rings. The monoisotopic (exact) mass is 417 g/mol. The molecule has 0 unspecified atom stereocenters. The fraction of sp³-hybridized carbons (Fsp3) is 0.200. The molecule has 26 heavy (non-hydrogen) atoms. The quantitative estimate of drug-likeness (QED) is 0.668. The average Bonchev–Trinajstić information content (AvgIpc) is 2.60. The molecule has 136 valence electrons. The summed E-state index contributed by atoms with van der Waals surface area (Å²) in [6.07, 6.45) is 2.89. The van der Waals surface area contributed by atoms with Gasteiger partial charge in [-0.3, -0.25) is 9.59 Å². The van der Waals surface area contributed by atoms with Crippen molar-refractivity contribution in [3.63, 3.8) is 0 Å². The highest BCUT2D eigenvalue weighted by Gasteiger charge is 2.12. The van der Waals surface area contributed by atoms with Gasteiger partial charge in [-0.15, -0.1) is 0 Å². The summed E-state index contributed by atoms with van der Waals surface area (Å²) in [5.41, 5.74) is 2.94. The van der Waals surface area contributed by atoms with Crippen molar-refractivity contribution >= 4 is 33.9 Å². The van der Waals surface area contributed by atoms with Gasteiger partial charge in [0.1, 0.15) is 18.4 Å². The summed E-state index contributed by atoms with van der Waals surface area (Å²) in [6, 6.07) is 12.6. The van der Waals surface area contributed by atoms with Crippen LogP contribution in [0.15, 0.2) is 53.0 Å². The number of amides is 1. The molecule has 2 aromatic carbocycles. The molecule has 0 aliphatic rings. The summed E-state index contributed by atoms with van der Waals surface area (Å²) in [5, 5.41) is 11.2. The Kier molecular flexibility index (Phi) is 6.97. The van der Waals surface area contributed by atoms with E-state index in [-0.39, 0.29) is 0 Å². The van der Waals surface area contributed by atoms with E-state index in [1.54, 1.807) is 6.08 Å². The minimum atomic E-state index is -1.09. The zero-order valence-corrected chi connectivity index (χ0v) is 16.1. The Bertz CT molecular complexity index is 815. The molecule has 0 radical (unpaired) electrons. The predicted octanol–water partition coefficient (Wildman–Crippen LogP) is 3.94. The van der Waals surface area contributed by atoms with Crippen LogP contribution in [0.4, 0.5) is 0 Å². The highest BCUT2D eigenvalue weighted by Crippen LogP contribution is 2.25. The predicted molar refractivity (Wildman–Crippen MR) is 104 cm³/mol. The van der Waals surface area contributed by atoms with E-state index in [0.29, 0.717) is 17.9 Å². The van der Waals surface area contributed by atoms with Gasteiger partial charge in [-0.2, -0.15) is 0 Å². The van der Waals surface area contributed by atoms with Crippen LogP contribution in [-0.2, 0) is 16.2 Å². The summed E-state index contributed by atoms with van der Waals surface area (Å²) < 4.78 is 6.72. The molecular weight excluding hydrogens is 398 g/mol. The molecule has 0 aliphatic heterocycles. The lowest BCUT2D eigenvalue weighted by atomic mass is 10.1. The van der Waals surface area contributed by atoms with Crippen molar-refractivity contribution in [3.05, 3.63) is 69.7 Å². The second-order valence-corrected chi connectivity index (χ2v) is 6.77. The highest BCUT2D eigenvalue weighted by molar-refractivity contribution is 9.10. The number of rotatable bonds is 7. The number of benzene rings is 2. The molecule has 2 aromatic rings. The van der Waals surface area contributed by atoms with E-state index in [9.17, 15) is 9.59 Å². The first kappa shape index (κ1) is 19.7. The molecule has 0 saturated carbocycles. The molecule has 5 nitrogen and oxygen atoms in total. The minimum absolute atomic E-state index is 0.408. The number of halogens is 1. The zero-order valence-electron chi connectivity index (χ0n) is 14.5. The normalized spacial score (nSPS) is 12.0. The zero-order chi connectivity index (χ0) is 19.1. The van der Waals surface area contributed by atoms with Crippen LogP contribution in [0.25, 0.3) is 6.08 Å². The molecule has 0 spiro atoms. The van der Waals surface area contributed by atoms with E-state index >= 15 is 0 Å². The Morgan fingerprint density at radius 1 is 1.23 bits per heavy atom. The first-order valence-corrected chi connectivity index (χ1v) is 8.83. The van der Waals surface area contributed by atoms with Crippen molar-refractivity contribution in [1.29, 1.82) is 0 Å². The SMILES string of the molecule is Cc1ccc(COc2ccc(Br)cc2/C=C/C(=O)N[C@H](C)C(=O)O)cc1. The van der Waals surface area contributed by atoms with Gasteiger partial charge in [0.2, 0.25) is 5.91 Å². The van der Waals surface area contributed by atoms with E-state index in [4.69, 9.17) is 9.84 Å². The lowest BCUT2D eigenvalue weighted by Crippen LogP contribution is -2.37. The smallest absolute Gasteiger partial charge is 0.325 e. The Morgan fingerprint density at radius 2 is 1.92 bits per heavy atom. The number of carboxylic acid groups (broad SMARTS) is 1. The maximum atomic E-state index is 11.8. The van der Waals surface area contributed by atoms with Gasteiger partial charge in [0.05, 0.1) is 0 Å². The van der Waals surface area contributed by atoms with Gasteiger partial charge in [-0.25, -0.2) is 0 Å². The second kappa shape index (κ2) is 9.20. The number of carbonyl (C=O) groups is 2. The van der Waals surface area contributed by atoms with Crippen LogP contribution in [0, 0.1) is 6.92 Å². The minimum Gasteiger partial charge on any atom is -0.488 e. The largest absolute Gasteiger partial charge is 0.488 e. The van der Waals surface area contributed by atoms with Gasteiger partial charge in [-0.05, 0) is 43.7 Å². The third-order valence-electron chi connectivity index (χ3n) is 3.63. The molecule has 2 rings (SSSR count). The van der Waals surface area contributed by atoms with Gasteiger partial charge in [0, 0.05) is 16.1 Å². The van der Waals surface area contributed by atoms with Gasteiger partial charge >= 0.3 is 5.97 Å². The van der Waals surface area contributed by atoms with Crippen molar-refractivity contribution in [3.8, 4) is 5.75 Å². The molecule has 0 bridgehead atoms. The molecule has 0 aliphatic carbocycles. The fourth-order valence-corrected chi connectivity index (χ4v) is 2.49. The van der Waals surface area contributed by atoms with Gasteiger partial charge in [0.25, 0.3) is 0 Å². The second-order valence-electron chi connectivity index (χ2n) is 5.86. The number of nitrogens with one attached hydrogen (secondary N) is 1. The molecule has 6 heteroatoms. The Morgan fingerprint density at radius 3 is 2.58 bits per heavy atom. The van der Waals surface area contributed by atoms with Gasteiger partial charge in [-0.1, -0.05) is 45.8 Å². The lowest BCUT2D eigenvalue weighted by Gasteiger charge is -2.10. The standard InChI is InChI=1S/C20H20BrNO4/c1-13-3-5-15(6-4-13)12-26-18-9-8-17(21)11-16(18)7-10-19(23)22-14(2)20(24)25/h3-11,14H,12H2,1-2H3,(H,22,23)(H,24,25)/b10-7+/t14-/m1/s1. The molecule has 0 aromatic heterocycles. The molecule has 1 amide bonds. The first-order valence-electron chi connectivity index (χ1n) is 8.04. The lowest BCUT2D eigenvalue weighted by molar-refractivity contribution is -0.140. The molecule has 1 atom stereocenters. The summed E-state index contributed by atoms with van der Waals surface area (Å²) >= 11 is 3.40. The van der Waals surface area contributed by atoms with Crippen LogP contribution in [0.2, 0.25) is 0 Å².